The van der Waals surface area contributed by atoms with Gasteiger partial charge in [0.2, 0.25) is 11.8 Å². The van der Waals surface area contributed by atoms with Crippen LogP contribution >= 0.6 is 0 Å². The average Bonchev–Trinajstić information content (AvgIpc) is 3.06. The van der Waals surface area contributed by atoms with Crippen molar-refractivity contribution in [2.24, 2.45) is 0 Å². The second-order valence-electron chi connectivity index (χ2n) is 8.23. The summed E-state index contributed by atoms with van der Waals surface area (Å²) in [4.78, 5) is 44.3. The molecule has 0 spiro atoms. The molecular formula is C23H34N4O5. The Hall–Kier alpha value is -2.65. The van der Waals surface area contributed by atoms with E-state index < -0.39 is 6.04 Å². The van der Waals surface area contributed by atoms with Crippen LogP contribution in [0.3, 0.4) is 0 Å². The van der Waals surface area contributed by atoms with E-state index in [2.05, 4.69) is 5.32 Å². The number of benzene rings is 1. The number of amides is 3. The van der Waals surface area contributed by atoms with Gasteiger partial charge in [0.1, 0.15) is 11.8 Å². The fourth-order valence-corrected chi connectivity index (χ4v) is 4.44. The number of likely N-dealkylation sites (tertiary alicyclic amines) is 1. The maximum atomic E-state index is 13.4. The van der Waals surface area contributed by atoms with Crippen LogP contribution in [0.1, 0.15) is 30.1 Å². The van der Waals surface area contributed by atoms with Crippen molar-refractivity contribution < 1.29 is 23.9 Å². The Morgan fingerprint density at radius 2 is 1.88 bits per heavy atom. The monoisotopic (exact) mass is 446 g/mol. The molecule has 9 heteroatoms. The van der Waals surface area contributed by atoms with Crippen molar-refractivity contribution in [3.05, 3.63) is 29.8 Å². The van der Waals surface area contributed by atoms with Crippen LogP contribution in [-0.2, 0) is 14.3 Å². The zero-order valence-electron chi connectivity index (χ0n) is 19.2. The van der Waals surface area contributed by atoms with Gasteiger partial charge in [-0.2, -0.15) is 0 Å². The number of ether oxygens (including phenoxy) is 2. The number of carbonyl (C=O) groups excluding carboxylic acids is 3. The molecule has 176 valence electrons. The summed E-state index contributed by atoms with van der Waals surface area (Å²) < 4.78 is 10.4. The van der Waals surface area contributed by atoms with Gasteiger partial charge in [0.15, 0.2) is 0 Å². The lowest BCUT2D eigenvalue weighted by Crippen LogP contribution is -2.48. The molecule has 1 aromatic carbocycles. The highest BCUT2D eigenvalue weighted by atomic mass is 16.5. The smallest absolute Gasteiger partial charge is 0.254 e. The Labute approximate surface area is 189 Å². The minimum absolute atomic E-state index is 0.0324. The SMILES string of the molecule is COCCN(C(=O)c1ccc(OC)cc1)C1CC(C(=O)N2CCCNCC2)N(C(C)=O)C1. The van der Waals surface area contributed by atoms with Crippen molar-refractivity contribution >= 4 is 17.7 Å². The molecule has 2 atom stereocenters. The third kappa shape index (κ3) is 5.58. The summed E-state index contributed by atoms with van der Waals surface area (Å²) in [5.74, 6) is 0.342. The number of hydrogen-bond acceptors (Lipinski definition) is 6. The van der Waals surface area contributed by atoms with Gasteiger partial charge in [-0.05, 0) is 43.7 Å². The summed E-state index contributed by atoms with van der Waals surface area (Å²) in [6, 6.07) is 6.14. The molecule has 2 fully saturated rings. The lowest BCUT2D eigenvalue weighted by molar-refractivity contribution is -0.142. The molecule has 32 heavy (non-hydrogen) atoms. The topological polar surface area (TPSA) is 91.4 Å². The molecule has 3 amide bonds. The maximum absolute atomic E-state index is 13.4. The number of nitrogens with zero attached hydrogens (tertiary/aromatic N) is 3. The average molecular weight is 447 g/mol. The molecule has 2 heterocycles. The van der Waals surface area contributed by atoms with Crippen LogP contribution in [0, 0.1) is 0 Å². The van der Waals surface area contributed by atoms with Crippen LogP contribution < -0.4 is 10.1 Å². The molecular weight excluding hydrogens is 412 g/mol. The Balaban J connectivity index is 1.80. The van der Waals surface area contributed by atoms with Crippen LogP contribution in [0.25, 0.3) is 0 Å². The van der Waals surface area contributed by atoms with E-state index >= 15 is 0 Å². The van der Waals surface area contributed by atoms with Gasteiger partial charge in [-0.3, -0.25) is 14.4 Å². The van der Waals surface area contributed by atoms with E-state index in [1.54, 1.807) is 48.3 Å². The van der Waals surface area contributed by atoms with E-state index in [1.807, 2.05) is 4.90 Å². The molecule has 0 aromatic heterocycles. The predicted octanol–water partition coefficient (Wildman–Crippen LogP) is 0.595. The number of hydrogen-bond donors (Lipinski definition) is 1. The van der Waals surface area contributed by atoms with Gasteiger partial charge in [-0.1, -0.05) is 0 Å². The second-order valence-corrected chi connectivity index (χ2v) is 8.23. The highest BCUT2D eigenvalue weighted by Gasteiger charge is 2.43. The van der Waals surface area contributed by atoms with Crippen molar-refractivity contribution in [1.82, 2.24) is 20.0 Å². The van der Waals surface area contributed by atoms with Crippen LogP contribution in [0.5, 0.6) is 5.75 Å². The van der Waals surface area contributed by atoms with Gasteiger partial charge in [-0.15, -0.1) is 0 Å². The minimum atomic E-state index is -0.552. The van der Waals surface area contributed by atoms with Gasteiger partial charge in [0, 0.05) is 52.3 Å². The van der Waals surface area contributed by atoms with Crippen LogP contribution in [-0.4, -0.2) is 105 Å². The second kappa shape index (κ2) is 11.3. The fourth-order valence-electron chi connectivity index (χ4n) is 4.44. The number of carbonyl (C=O) groups is 3. The highest BCUT2D eigenvalue weighted by molar-refractivity contribution is 5.95. The summed E-state index contributed by atoms with van der Waals surface area (Å²) in [5, 5.41) is 3.30. The highest BCUT2D eigenvalue weighted by Crippen LogP contribution is 2.26. The van der Waals surface area contributed by atoms with Gasteiger partial charge in [0.25, 0.3) is 5.91 Å². The van der Waals surface area contributed by atoms with Crippen molar-refractivity contribution in [3.63, 3.8) is 0 Å². The fraction of sp³-hybridized carbons (Fsp3) is 0.609. The maximum Gasteiger partial charge on any atom is 0.254 e. The van der Waals surface area contributed by atoms with E-state index in [0.29, 0.717) is 50.5 Å². The summed E-state index contributed by atoms with van der Waals surface area (Å²) >= 11 is 0. The molecule has 2 aliphatic rings. The molecule has 2 aliphatic heterocycles. The van der Waals surface area contributed by atoms with E-state index in [0.717, 1.165) is 19.5 Å². The summed E-state index contributed by atoms with van der Waals surface area (Å²) in [6.45, 7) is 5.51. The summed E-state index contributed by atoms with van der Waals surface area (Å²) in [7, 11) is 3.17. The molecule has 0 saturated carbocycles. The first kappa shape index (κ1) is 24.0. The van der Waals surface area contributed by atoms with Crippen molar-refractivity contribution in [2.45, 2.75) is 31.8 Å². The molecule has 2 saturated heterocycles. The summed E-state index contributed by atoms with van der Waals surface area (Å²) in [5.41, 5.74) is 0.532. The summed E-state index contributed by atoms with van der Waals surface area (Å²) in [6.07, 6.45) is 1.31. The van der Waals surface area contributed by atoms with Crippen molar-refractivity contribution in [1.29, 1.82) is 0 Å². The van der Waals surface area contributed by atoms with E-state index in [9.17, 15) is 14.4 Å². The Morgan fingerprint density at radius 1 is 1.12 bits per heavy atom. The number of methoxy groups -OCH3 is 2. The van der Waals surface area contributed by atoms with Gasteiger partial charge in [0.05, 0.1) is 19.8 Å². The first-order chi connectivity index (χ1) is 15.5. The molecule has 3 rings (SSSR count). The number of nitrogens with one attached hydrogen (secondary N) is 1. The normalized spacial score (nSPS) is 21.2. The van der Waals surface area contributed by atoms with Crippen LogP contribution in [0.2, 0.25) is 0 Å². The quantitative estimate of drug-likeness (QED) is 0.660. The standard InChI is InChI=1S/C23H34N4O5/c1-17(28)27-16-19(15-21(27)23(30)25-11-4-9-24-10-12-25)26(13-14-31-2)22(29)18-5-7-20(32-3)8-6-18/h5-8,19,21,24H,4,9-16H2,1-3H3. The van der Waals surface area contributed by atoms with Gasteiger partial charge < -0.3 is 29.5 Å². The molecule has 0 bridgehead atoms. The lowest BCUT2D eigenvalue weighted by Gasteiger charge is -2.29. The third-order valence-electron chi connectivity index (χ3n) is 6.20. The molecule has 0 aliphatic carbocycles. The van der Waals surface area contributed by atoms with Crippen molar-refractivity contribution in [2.75, 3.05) is 60.1 Å². The Morgan fingerprint density at radius 3 is 2.53 bits per heavy atom. The van der Waals surface area contributed by atoms with Crippen LogP contribution in [0.15, 0.2) is 24.3 Å². The van der Waals surface area contributed by atoms with Gasteiger partial charge >= 0.3 is 0 Å². The lowest BCUT2D eigenvalue weighted by atomic mass is 10.1. The molecule has 1 N–H and O–H groups in total. The predicted molar refractivity (Wildman–Crippen MR) is 120 cm³/mol. The zero-order valence-corrected chi connectivity index (χ0v) is 19.2. The molecule has 9 nitrogen and oxygen atoms in total. The first-order valence-corrected chi connectivity index (χ1v) is 11.2. The minimum Gasteiger partial charge on any atom is -0.497 e. The molecule has 0 radical (unpaired) electrons. The largest absolute Gasteiger partial charge is 0.497 e. The first-order valence-electron chi connectivity index (χ1n) is 11.2. The third-order valence-corrected chi connectivity index (χ3v) is 6.20. The van der Waals surface area contributed by atoms with E-state index in [-0.39, 0.29) is 23.8 Å². The van der Waals surface area contributed by atoms with Crippen molar-refractivity contribution in [3.8, 4) is 5.75 Å². The van der Waals surface area contributed by atoms with Crippen LogP contribution in [0.4, 0.5) is 0 Å². The molecule has 2 unspecified atom stereocenters. The Bertz CT molecular complexity index is 792. The Kier molecular flexibility index (Phi) is 8.46. The zero-order chi connectivity index (χ0) is 23.1. The molecule has 1 aromatic rings. The number of rotatable bonds is 7. The van der Waals surface area contributed by atoms with Gasteiger partial charge in [-0.25, -0.2) is 0 Å². The van der Waals surface area contributed by atoms with E-state index in [1.165, 1.54) is 6.92 Å². The van der Waals surface area contributed by atoms with E-state index in [4.69, 9.17) is 9.47 Å².